The van der Waals surface area contributed by atoms with Crippen LogP contribution in [-0.4, -0.2) is 41.1 Å². The van der Waals surface area contributed by atoms with E-state index >= 15 is 0 Å². The third kappa shape index (κ3) is 3.95. The summed E-state index contributed by atoms with van der Waals surface area (Å²) in [5.74, 6) is 0.329. The summed E-state index contributed by atoms with van der Waals surface area (Å²) in [5.41, 5.74) is 0.670. The Kier molecular flexibility index (Phi) is 5.04. The minimum Gasteiger partial charge on any atom is -0.388 e. The van der Waals surface area contributed by atoms with Crippen LogP contribution < -0.4 is 5.32 Å². The lowest BCUT2D eigenvalue weighted by molar-refractivity contribution is -0.123. The summed E-state index contributed by atoms with van der Waals surface area (Å²) in [7, 11) is 0. The molecule has 0 bridgehead atoms. The number of nitrogens with one attached hydrogen (secondary N) is 1. The van der Waals surface area contributed by atoms with Crippen LogP contribution in [0.5, 0.6) is 0 Å². The van der Waals surface area contributed by atoms with Gasteiger partial charge in [-0.1, -0.05) is 18.2 Å². The Labute approximate surface area is 159 Å². The van der Waals surface area contributed by atoms with E-state index in [0.717, 1.165) is 51.7 Å². The fourth-order valence-corrected chi connectivity index (χ4v) is 5.03. The van der Waals surface area contributed by atoms with Gasteiger partial charge in [0.15, 0.2) is 0 Å². The van der Waals surface area contributed by atoms with E-state index in [1.165, 1.54) is 20.5 Å². The molecule has 1 saturated heterocycles. The molecular weight excluding hydrogens is 344 g/mol. The van der Waals surface area contributed by atoms with Gasteiger partial charge in [0.25, 0.3) is 0 Å². The Bertz CT molecular complexity index is 798. The molecule has 2 N–H and O–H groups in total. The molecule has 140 valence electrons. The average molecular weight is 373 g/mol. The van der Waals surface area contributed by atoms with Crippen molar-refractivity contribution in [2.75, 3.05) is 19.6 Å². The van der Waals surface area contributed by atoms with Crippen molar-refractivity contribution in [3.8, 4) is 0 Å². The molecule has 1 saturated carbocycles. The number of amides is 1. The van der Waals surface area contributed by atoms with Gasteiger partial charge in [-0.15, -0.1) is 11.3 Å². The average Bonchev–Trinajstić information content (AvgIpc) is 3.44. The number of aryl methyl sites for hydroxylation is 1. The van der Waals surface area contributed by atoms with Crippen LogP contribution in [-0.2, 0) is 11.3 Å². The molecule has 26 heavy (non-hydrogen) atoms. The molecule has 1 aliphatic heterocycles. The van der Waals surface area contributed by atoms with Crippen molar-refractivity contribution in [2.45, 2.75) is 51.2 Å². The van der Waals surface area contributed by atoms with Crippen LogP contribution in [0, 0.1) is 12.8 Å². The van der Waals surface area contributed by atoms with E-state index in [1.807, 2.05) is 11.3 Å². The van der Waals surface area contributed by atoms with Gasteiger partial charge in [0, 0.05) is 35.1 Å². The van der Waals surface area contributed by atoms with E-state index < -0.39 is 5.60 Å². The summed E-state index contributed by atoms with van der Waals surface area (Å²) >= 11 is 1.87. The molecule has 2 aliphatic rings. The highest BCUT2D eigenvalue weighted by Crippen LogP contribution is 2.33. The van der Waals surface area contributed by atoms with E-state index in [4.69, 9.17) is 0 Å². The second kappa shape index (κ2) is 7.29. The first-order valence-corrected chi connectivity index (χ1v) is 10.6. The van der Waals surface area contributed by atoms with Gasteiger partial charge >= 0.3 is 0 Å². The van der Waals surface area contributed by atoms with Crippen LogP contribution in [0.15, 0.2) is 24.3 Å². The highest BCUT2D eigenvalue weighted by atomic mass is 32.1. The van der Waals surface area contributed by atoms with Gasteiger partial charge in [0.1, 0.15) is 0 Å². The third-order valence-corrected chi connectivity index (χ3v) is 6.96. The van der Waals surface area contributed by atoms with E-state index in [1.54, 1.807) is 0 Å². The SMILES string of the molecule is Cc1sc2ccccc2c1CN1CCC[C@@](O)(CNC(=O)C2CC2)CC1. The largest absolute Gasteiger partial charge is 0.388 e. The molecule has 2 heterocycles. The van der Waals surface area contributed by atoms with Gasteiger partial charge in [-0.25, -0.2) is 0 Å². The first-order valence-electron chi connectivity index (χ1n) is 9.73. The van der Waals surface area contributed by atoms with Crippen molar-refractivity contribution in [2.24, 2.45) is 5.92 Å². The monoisotopic (exact) mass is 372 g/mol. The van der Waals surface area contributed by atoms with Crippen LogP contribution in [0.25, 0.3) is 10.1 Å². The fourth-order valence-electron chi connectivity index (χ4n) is 3.95. The lowest BCUT2D eigenvalue weighted by atomic mass is 9.95. The highest BCUT2D eigenvalue weighted by molar-refractivity contribution is 7.19. The number of fused-ring (bicyclic) bond motifs is 1. The number of carbonyl (C=O) groups is 1. The lowest BCUT2D eigenvalue weighted by Crippen LogP contribution is -2.44. The molecule has 5 heteroatoms. The van der Waals surface area contributed by atoms with Gasteiger partial charge < -0.3 is 10.4 Å². The Hall–Kier alpha value is -1.43. The molecule has 1 amide bonds. The minimum absolute atomic E-state index is 0.125. The number of hydrogen-bond acceptors (Lipinski definition) is 4. The molecule has 4 nitrogen and oxygen atoms in total. The van der Waals surface area contributed by atoms with Crippen molar-refractivity contribution in [1.82, 2.24) is 10.2 Å². The molecule has 2 fully saturated rings. The smallest absolute Gasteiger partial charge is 0.223 e. The quantitative estimate of drug-likeness (QED) is 0.845. The van der Waals surface area contributed by atoms with Gasteiger partial charge in [-0.2, -0.15) is 0 Å². The van der Waals surface area contributed by atoms with Crippen molar-refractivity contribution in [1.29, 1.82) is 0 Å². The minimum atomic E-state index is -0.759. The molecule has 1 atom stereocenters. The summed E-state index contributed by atoms with van der Waals surface area (Å²) in [6, 6.07) is 8.63. The molecule has 1 aromatic heterocycles. The van der Waals surface area contributed by atoms with Gasteiger partial charge in [0.05, 0.1) is 5.60 Å². The maximum atomic E-state index is 11.9. The van der Waals surface area contributed by atoms with Crippen molar-refractivity contribution in [3.05, 3.63) is 34.7 Å². The second-order valence-electron chi connectivity index (χ2n) is 7.98. The van der Waals surface area contributed by atoms with Crippen LogP contribution in [0.2, 0.25) is 0 Å². The zero-order valence-electron chi connectivity index (χ0n) is 15.5. The predicted molar refractivity (Wildman–Crippen MR) is 106 cm³/mol. The van der Waals surface area contributed by atoms with Crippen LogP contribution in [0.1, 0.15) is 42.5 Å². The first-order chi connectivity index (χ1) is 12.5. The summed E-state index contributed by atoms with van der Waals surface area (Å²) in [4.78, 5) is 15.7. The summed E-state index contributed by atoms with van der Waals surface area (Å²) in [6.07, 6.45) is 4.46. The van der Waals surface area contributed by atoms with Crippen molar-refractivity contribution < 1.29 is 9.90 Å². The molecule has 1 aliphatic carbocycles. The number of nitrogens with zero attached hydrogens (tertiary/aromatic N) is 1. The van der Waals surface area contributed by atoms with E-state index in [0.29, 0.717) is 6.54 Å². The number of carbonyl (C=O) groups excluding carboxylic acids is 1. The van der Waals surface area contributed by atoms with Gasteiger partial charge in [-0.05, 0) is 62.6 Å². The zero-order chi connectivity index (χ0) is 18.1. The molecule has 4 rings (SSSR count). The molecule has 0 unspecified atom stereocenters. The normalized spacial score (nSPS) is 24.5. The van der Waals surface area contributed by atoms with Gasteiger partial charge in [0.2, 0.25) is 5.91 Å². The lowest BCUT2D eigenvalue weighted by Gasteiger charge is -2.27. The number of benzene rings is 1. The predicted octanol–water partition coefficient (Wildman–Crippen LogP) is 3.45. The molecule has 0 spiro atoms. The Balaban J connectivity index is 1.38. The third-order valence-electron chi connectivity index (χ3n) is 5.83. The van der Waals surface area contributed by atoms with Crippen molar-refractivity contribution >= 4 is 27.3 Å². The molecule has 1 aromatic carbocycles. The summed E-state index contributed by atoms with van der Waals surface area (Å²) in [5, 5.41) is 15.3. The Morgan fingerprint density at radius 2 is 2.12 bits per heavy atom. The Morgan fingerprint density at radius 1 is 1.31 bits per heavy atom. The topological polar surface area (TPSA) is 52.6 Å². The number of likely N-dealkylation sites (tertiary alicyclic amines) is 1. The summed E-state index contributed by atoms with van der Waals surface area (Å²) in [6.45, 7) is 5.43. The maximum absolute atomic E-state index is 11.9. The highest BCUT2D eigenvalue weighted by Gasteiger charge is 2.34. The molecule has 2 aromatic rings. The number of rotatable bonds is 5. The number of thiophene rings is 1. The van der Waals surface area contributed by atoms with E-state index in [-0.39, 0.29) is 11.8 Å². The van der Waals surface area contributed by atoms with Crippen LogP contribution in [0.4, 0.5) is 0 Å². The van der Waals surface area contributed by atoms with Crippen molar-refractivity contribution in [3.63, 3.8) is 0 Å². The fraction of sp³-hybridized carbons (Fsp3) is 0.571. The van der Waals surface area contributed by atoms with Gasteiger partial charge in [-0.3, -0.25) is 9.69 Å². The molecule has 0 radical (unpaired) electrons. The van der Waals surface area contributed by atoms with Crippen LogP contribution >= 0.6 is 11.3 Å². The number of aliphatic hydroxyl groups is 1. The maximum Gasteiger partial charge on any atom is 0.223 e. The standard InChI is InChI=1S/C21H28N2O2S/c1-15-18(17-5-2-3-6-19(17)26-15)13-23-11-4-9-21(25,10-12-23)14-22-20(24)16-7-8-16/h2-3,5-6,16,25H,4,7-14H2,1H3,(H,22,24)/t21-/m0/s1. The molecular formula is C21H28N2O2S. The first kappa shape index (κ1) is 18.0. The van der Waals surface area contributed by atoms with E-state index in [2.05, 4.69) is 41.4 Å². The second-order valence-corrected chi connectivity index (χ2v) is 9.24. The Morgan fingerprint density at radius 3 is 2.92 bits per heavy atom. The zero-order valence-corrected chi connectivity index (χ0v) is 16.3. The number of hydrogen-bond donors (Lipinski definition) is 2. The van der Waals surface area contributed by atoms with Crippen LogP contribution in [0.3, 0.4) is 0 Å². The summed E-state index contributed by atoms with van der Waals surface area (Å²) < 4.78 is 1.36. The van der Waals surface area contributed by atoms with E-state index in [9.17, 15) is 9.90 Å².